The van der Waals surface area contributed by atoms with Crippen molar-refractivity contribution in [1.82, 2.24) is 5.32 Å². The number of carbonyl (C=O) groups is 2. The molecule has 2 heterocycles. The molecule has 1 fully saturated rings. The minimum absolute atomic E-state index is 0.314. The van der Waals surface area contributed by atoms with Crippen molar-refractivity contribution in [2.75, 3.05) is 43.3 Å². The highest BCUT2D eigenvalue weighted by Crippen LogP contribution is 2.32. The first-order chi connectivity index (χ1) is 14.3. The predicted octanol–water partition coefficient (Wildman–Crippen LogP) is 1.92. The Balaban J connectivity index is 0.000000343. The Morgan fingerprint density at radius 1 is 1.23 bits per heavy atom. The molecule has 3 N–H and O–H groups in total. The highest BCUT2D eigenvalue weighted by Gasteiger charge is 2.17. The summed E-state index contributed by atoms with van der Waals surface area (Å²) in [5.41, 5.74) is 2.14. The van der Waals surface area contributed by atoms with Gasteiger partial charge in [-0.25, -0.2) is 14.4 Å². The number of thioether (sulfide) groups is 1. The molecule has 0 unspecified atom stereocenters. The summed E-state index contributed by atoms with van der Waals surface area (Å²) in [5, 5.41) is 19.9. The van der Waals surface area contributed by atoms with Crippen LogP contribution in [-0.2, 0) is 9.59 Å². The largest absolute Gasteiger partial charge is 0.483 e. The lowest BCUT2D eigenvalue weighted by atomic mass is 10.1. The van der Waals surface area contributed by atoms with Crippen molar-refractivity contribution < 1.29 is 29.0 Å². The van der Waals surface area contributed by atoms with Gasteiger partial charge < -0.3 is 29.6 Å². The molecule has 0 saturated carbocycles. The molecule has 1 aromatic carbocycles. The molecule has 0 radical (unpaired) electrons. The summed E-state index contributed by atoms with van der Waals surface area (Å²) in [4.78, 5) is 33.3. The Morgan fingerprint density at radius 3 is 2.43 bits per heavy atom. The maximum atomic E-state index is 12.0. The minimum atomic E-state index is -1.26. The average molecular weight is 436 g/mol. The van der Waals surface area contributed by atoms with E-state index < -0.39 is 11.9 Å². The number of carboxylic acid groups (broad SMARTS) is 2. The molecule has 9 nitrogen and oxygen atoms in total. The van der Waals surface area contributed by atoms with E-state index in [9.17, 15) is 14.4 Å². The van der Waals surface area contributed by atoms with E-state index in [0.29, 0.717) is 23.7 Å². The van der Waals surface area contributed by atoms with Crippen molar-refractivity contribution in [1.29, 1.82) is 0 Å². The fourth-order valence-electron chi connectivity index (χ4n) is 2.91. The van der Waals surface area contributed by atoms with Crippen LogP contribution in [0.4, 0.5) is 5.69 Å². The van der Waals surface area contributed by atoms with Crippen LogP contribution in [0.2, 0.25) is 0 Å². The van der Waals surface area contributed by atoms with Crippen molar-refractivity contribution in [3.8, 4) is 5.75 Å². The number of anilines is 1. The SMILES string of the molecule is CSCOc1ccc2c(N3CCNCC3)cc(=O)oc2c1C.O=C(O)/C=C\C(=O)O. The second kappa shape index (κ2) is 11.3. The number of nitrogens with one attached hydrogen (secondary N) is 1. The number of rotatable bonds is 6. The van der Waals surface area contributed by atoms with Crippen molar-refractivity contribution in [2.45, 2.75) is 6.92 Å². The van der Waals surface area contributed by atoms with Gasteiger partial charge in [-0.15, -0.1) is 11.8 Å². The fraction of sp³-hybridized carbons (Fsp3) is 0.350. The number of nitrogens with zero attached hydrogens (tertiary/aromatic N) is 1. The van der Waals surface area contributed by atoms with E-state index in [-0.39, 0.29) is 5.63 Å². The first-order valence-electron chi connectivity index (χ1n) is 9.12. The predicted molar refractivity (Wildman–Crippen MR) is 116 cm³/mol. The molecule has 1 aliphatic rings. The molecule has 1 aromatic heterocycles. The molecule has 0 amide bonds. The Kier molecular flexibility index (Phi) is 8.75. The number of aliphatic carboxylic acids is 2. The second-order valence-electron chi connectivity index (χ2n) is 6.31. The maximum absolute atomic E-state index is 12.0. The topological polar surface area (TPSA) is 129 Å². The van der Waals surface area contributed by atoms with E-state index >= 15 is 0 Å². The Bertz CT molecular complexity index is 965. The number of hydrogen-bond acceptors (Lipinski definition) is 8. The summed E-state index contributed by atoms with van der Waals surface area (Å²) in [7, 11) is 0. The smallest absolute Gasteiger partial charge is 0.338 e. The van der Waals surface area contributed by atoms with Gasteiger partial charge in [0.2, 0.25) is 0 Å². The van der Waals surface area contributed by atoms with Crippen LogP contribution in [0, 0.1) is 6.92 Å². The maximum Gasteiger partial charge on any atom is 0.338 e. The molecule has 1 saturated heterocycles. The van der Waals surface area contributed by atoms with Gasteiger partial charge in [-0.05, 0) is 25.3 Å². The fourth-order valence-corrected chi connectivity index (χ4v) is 3.16. The van der Waals surface area contributed by atoms with Gasteiger partial charge in [0.15, 0.2) is 0 Å². The second-order valence-corrected chi connectivity index (χ2v) is 7.13. The average Bonchev–Trinajstić information content (AvgIpc) is 2.73. The van der Waals surface area contributed by atoms with Crippen LogP contribution in [0.1, 0.15) is 5.56 Å². The molecular weight excluding hydrogens is 412 g/mol. The molecule has 3 rings (SSSR count). The van der Waals surface area contributed by atoms with E-state index in [4.69, 9.17) is 19.4 Å². The third-order valence-electron chi connectivity index (χ3n) is 4.25. The third kappa shape index (κ3) is 6.53. The van der Waals surface area contributed by atoms with Crippen LogP contribution in [0.25, 0.3) is 11.0 Å². The van der Waals surface area contributed by atoms with E-state index in [2.05, 4.69) is 10.2 Å². The number of benzene rings is 1. The number of fused-ring (bicyclic) bond motifs is 1. The van der Waals surface area contributed by atoms with E-state index in [1.54, 1.807) is 17.8 Å². The first kappa shape index (κ1) is 23.3. The number of carboxylic acids is 2. The Morgan fingerprint density at radius 2 is 1.87 bits per heavy atom. The molecule has 162 valence electrons. The highest BCUT2D eigenvalue weighted by atomic mass is 32.2. The first-order valence-corrected chi connectivity index (χ1v) is 10.5. The van der Waals surface area contributed by atoms with Crippen LogP contribution in [0.15, 0.2) is 39.6 Å². The summed E-state index contributed by atoms with van der Waals surface area (Å²) in [6.07, 6.45) is 3.10. The van der Waals surface area contributed by atoms with Crippen molar-refractivity contribution >= 4 is 40.4 Å². The Labute approximate surface area is 177 Å². The van der Waals surface area contributed by atoms with Crippen molar-refractivity contribution in [3.05, 3.63) is 46.3 Å². The van der Waals surface area contributed by atoms with Gasteiger partial charge >= 0.3 is 17.6 Å². The monoisotopic (exact) mass is 436 g/mol. The molecule has 0 bridgehead atoms. The molecule has 30 heavy (non-hydrogen) atoms. The van der Waals surface area contributed by atoms with Crippen LogP contribution in [0.3, 0.4) is 0 Å². The van der Waals surface area contributed by atoms with Gasteiger partial charge in [0.25, 0.3) is 0 Å². The number of aryl methyl sites for hydroxylation is 1. The Hall–Kier alpha value is -2.98. The molecule has 2 aromatic rings. The molecular formula is C20H24N2O7S. The van der Waals surface area contributed by atoms with Gasteiger partial charge in [0.05, 0.1) is 5.69 Å². The van der Waals surface area contributed by atoms with Crippen molar-refractivity contribution in [2.24, 2.45) is 0 Å². The molecule has 0 spiro atoms. The van der Waals surface area contributed by atoms with Gasteiger partial charge in [-0.3, -0.25) is 0 Å². The summed E-state index contributed by atoms with van der Waals surface area (Å²) < 4.78 is 11.2. The van der Waals surface area contributed by atoms with Gasteiger partial charge in [-0.2, -0.15) is 0 Å². The van der Waals surface area contributed by atoms with Crippen LogP contribution < -0.4 is 20.6 Å². The lowest BCUT2D eigenvalue weighted by Gasteiger charge is -2.30. The highest BCUT2D eigenvalue weighted by molar-refractivity contribution is 7.98. The summed E-state index contributed by atoms with van der Waals surface area (Å²) >= 11 is 1.61. The molecule has 0 atom stereocenters. The molecule has 1 aliphatic heterocycles. The lowest BCUT2D eigenvalue weighted by molar-refractivity contribution is -0.134. The summed E-state index contributed by atoms with van der Waals surface area (Å²) in [5.74, 6) is -1.17. The van der Waals surface area contributed by atoms with Gasteiger partial charge in [0, 0.05) is 55.3 Å². The number of piperazine rings is 1. The van der Waals surface area contributed by atoms with Crippen LogP contribution >= 0.6 is 11.8 Å². The van der Waals surface area contributed by atoms with Crippen LogP contribution in [0.5, 0.6) is 5.75 Å². The van der Waals surface area contributed by atoms with E-state index in [1.807, 2.05) is 25.3 Å². The molecule has 0 aliphatic carbocycles. The van der Waals surface area contributed by atoms with Crippen molar-refractivity contribution in [3.63, 3.8) is 0 Å². The zero-order chi connectivity index (χ0) is 22.1. The minimum Gasteiger partial charge on any atom is -0.483 e. The van der Waals surface area contributed by atoms with Crippen LogP contribution in [-0.4, -0.2) is 60.5 Å². The zero-order valence-corrected chi connectivity index (χ0v) is 17.5. The normalized spacial score (nSPS) is 13.7. The quantitative estimate of drug-likeness (QED) is 0.351. The molecule has 10 heteroatoms. The van der Waals surface area contributed by atoms with E-state index in [1.165, 1.54) is 0 Å². The standard InChI is InChI=1S/C16H20N2O3S.C4H4O4/c1-11-14(20-10-22-2)4-3-12-13(9-15(19)21-16(11)12)18-7-5-17-6-8-18;5-3(6)1-2-4(7)8/h3-4,9,17H,5-8,10H2,1-2H3;1-2H,(H,5,6)(H,7,8)/b;2-1-. The number of hydrogen-bond donors (Lipinski definition) is 3. The third-order valence-corrected chi connectivity index (χ3v) is 4.60. The van der Waals surface area contributed by atoms with E-state index in [0.717, 1.165) is 48.6 Å². The van der Waals surface area contributed by atoms with Gasteiger partial charge in [-0.1, -0.05) is 0 Å². The zero-order valence-electron chi connectivity index (χ0n) is 16.7. The summed E-state index contributed by atoms with van der Waals surface area (Å²) in [6, 6.07) is 5.54. The number of ether oxygens (including phenoxy) is 1. The van der Waals surface area contributed by atoms with Gasteiger partial charge in [0.1, 0.15) is 17.3 Å². The lowest BCUT2D eigenvalue weighted by Crippen LogP contribution is -2.43. The summed E-state index contributed by atoms with van der Waals surface area (Å²) in [6.45, 7) is 5.57.